The zero-order valence-corrected chi connectivity index (χ0v) is 15.6. The van der Waals surface area contributed by atoms with Crippen LogP contribution in [-0.2, 0) is 0 Å². The summed E-state index contributed by atoms with van der Waals surface area (Å²) in [6.07, 6.45) is 12.4. The van der Waals surface area contributed by atoms with E-state index in [0.717, 1.165) is 54.0 Å². The van der Waals surface area contributed by atoms with Crippen LogP contribution in [0.1, 0.15) is 35.4 Å². The molecule has 1 fully saturated rings. The number of rotatable bonds is 3. The second kappa shape index (κ2) is 6.42. The molecule has 8 heteroatoms. The lowest BCUT2D eigenvalue weighted by atomic mass is 10.1. The molecular formula is C20H21N7O. The van der Waals surface area contributed by atoms with Crippen molar-refractivity contribution in [2.45, 2.75) is 19.4 Å². The topological polar surface area (TPSA) is 101 Å². The SMILES string of the molecule is CC(=O)c1cnc(N)c2c(C=C3C=CN4CC=NC4=C3)nn(C3CCNC3)c12. The number of fused-ring (bicyclic) bond motifs is 2. The van der Waals surface area contributed by atoms with Gasteiger partial charge in [0.15, 0.2) is 5.78 Å². The lowest BCUT2D eigenvalue weighted by Crippen LogP contribution is -2.15. The van der Waals surface area contributed by atoms with Crippen LogP contribution >= 0.6 is 0 Å². The Balaban J connectivity index is 1.71. The smallest absolute Gasteiger partial charge is 0.163 e. The number of anilines is 1. The number of pyridine rings is 1. The van der Waals surface area contributed by atoms with E-state index in [1.165, 1.54) is 0 Å². The molecule has 0 aliphatic carbocycles. The molecule has 0 radical (unpaired) electrons. The summed E-state index contributed by atoms with van der Waals surface area (Å²) in [7, 11) is 0. The van der Waals surface area contributed by atoms with Crippen molar-refractivity contribution in [2.24, 2.45) is 4.99 Å². The van der Waals surface area contributed by atoms with E-state index in [9.17, 15) is 4.79 Å². The summed E-state index contributed by atoms with van der Waals surface area (Å²) in [5, 5.41) is 8.96. The number of aromatic nitrogens is 3. The maximum absolute atomic E-state index is 12.3. The zero-order valence-electron chi connectivity index (χ0n) is 15.6. The number of allylic oxidation sites excluding steroid dienone is 3. The van der Waals surface area contributed by atoms with Crippen LogP contribution in [0.15, 0.2) is 40.9 Å². The van der Waals surface area contributed by atoms with Crippen molar-refractivity contribution >= 4 is 34.8 Å². The van der Waals surface area contributed by atoms with Gasteiger partial charge in [0.05, 0.1) is 34.7 Å². The fraction of sp³-hybridized carbons (Fsp3) is 0.300. The van der Waals surface area contributed by atoms with Gasteiger partial charge in [-0.2, -0.15) is 5.10 Å². The van der Waals surface area contributed by atoms with E-state index in [2.05, 4.69) is 20.2 Å². The van der Waals surface area contributed by atoms with Crippen LogP contribution < -0.4 is 11.1 Å². The van der Waals surface area contributed by atoms with Crippen molar-refractivity contribution in [1.82, 2.24) is 25.0 Å². The number of nitrogens with one attached hydrogen (secondary N) is 1. The van der Waals surface area contributed by atoms with Crippen LogP contribution in [0.3, 0.4) is 0 Å². The molecule has 1 saturated heterocycles. The van der Waals surface area contributed by atoms with Gasteiger partial charge in [-0.25, -0.2) is 9.98 Å². The Morgan fingerprint density at radius 3 is 3.11 bits per heavy atom. The molecule has 8 nitrogen and oxygen atoms in total. The monoisotopic (exact) mass is 375 g/mol. The van der Waals surface area contributed by atoms with Gasteiger partial charge in [-0.15, -0.1) is 0 Å². The van der Waals surface area contributed by atoms with Gasteiger partial charge in [-0.3, -0.25) is 9.48 Å². The molecule has 0 bridgehead atoms. The number of aliphatic imine (C=N–C) groups is 1. The summed E-state index contributed by atoms with van der Waals surface area (Å²) < 4.78 is 1.95. The molecule has 5 heterocycles. The van der Waals surface area contributed by atoms with Gasteiger partial charge in [0.1, 0.15) is 11.6 Å². The first-order valence-electron chi connectivity index (χ1n) is 9.41. The summed E-state index contributed by atoms with van der Waals surface area (Å²) in [6, 6.07) is 0.185. The number of Topliss-reactive ketones (excluding diaryl/α,β-unsaturated/α-hetero) is 1. The third-order valence-corrected chi connectivity index (χ3v) is 5.38. The van der Waals surface area contributed by atoms with Gasteiger partial charge in [-0.05, 0) is 43.7 Å². The number of carbonyl (C=O) groups is 1. The number of nitrogen functional groups attached to an aromatic ring is 1. The summed E-state index contributed by atoms with van der Waals surface area (Å²) in [5.74, 6) is 1.25. The van der Waals surface area contributed by atoms with E-state index >= 15 is 0 Å². The highest BCUT2D eigenvalue weighted by Gasteiger charge is 2.25. The Morgan fingerprint density at radius 1 is 1.43 bits per heavy atom. The maximum atomic E-state index is 12.3. The van der Waals surface area contributed by atoms with Gasteiger partial charge in [0.2, 0.25) is 0 Å². The molecule has 2 aromatic rings. The zero-order chi connectivity index (χ0) is 19.3. The van der Waals surface area contributed by atoms with E-state index < -0.39 is 0 Å². The Morgan fingerprint density at radius 2 is 2.32 bits per heavy atom. The molecule has 0 saturated carbocycles. The predicted molar refractivity (Wildman–Crippen MR) is 109 cm³/mol. The van der Waals surface area contributed by atoms with Gasteiger partial charge < -0.3 is 16.0 Å². The number of nitrogens with two attached hydrogens (primary N) is 1. The quantitative estimate of drug-likeness (QED) is 0.795. The Labute approximate surface area is 162 Å². The number of hydrogen-bond acceptors (Lipinski definition) is 7. The molecule has 3 aliphatic rings. The predicted octanol–water partition coefficient (Wildman–Crippen LogP) is 1.89. The normalized spacial score (nSPS) is 22.3. The lowest BCUT2D eigenvalue weighted by molar-refractivity contribution is 0.101. The molecule has 0 aromatic carbocycles. The molecule has 142 valence electrons. The molecular weight excluding hydrogens is 354 g/mol. The lowest BCUT2D eigenvalue weighted by Gasteiger charge is -2.16. The first kappa shape index (κ1) is 16.9. The summed E-state index contributed by atoms with van der Waals surface area (Å²) in [5.41, 5.74) is 9.27. The number of nitrogens with zero attached hydrogens (tertiary/aromatic N) is 5. The average molecular weight is 375 g/mol. The molecule has 3 aliphatic heterocycles. The van der Waals surface area contributed by atoms with E-state index in [0.29, 0.717) is 11.4 Å². The van der Waals surface area contributed by atoms with Crippen molar-refractivity contribution in [3.05, 3.63) is 47.2 Å². The highest BCUT2D eigenvalue weighted by atomic mass is 16.1. The highest BCUT2D eigenvalue weighted by Crippen LogP contribution is 2.33. The van der Waals surface area contributed by atoms with Crippen molar-refractivity contribution < 1.29 is 4.79 Å². The van der Waals surface area contributed by atoms with Crippen LogP contribution in [-0.4, -0.2) is 51.3 Å². The van der Waals surface area contributed by atoms with Crippen LogP contribution in [0.5, 0.6) is 0 Å². The Kier molecular flexibility index (Phi) is 3.87. The number of ketones is 1. The first-order valence-corrected chi connectivity index (χ1v) is 9.41. The Hall–Kier alpha value is -3.26. The Bertz CT molecular complexity index is 1100. The van der Waals surface area contributed by atoms with E-state index in [1.807, 2.05) is 35.3 Å². The van der Waals surface area contributed by atoms with E-state index in [1.54, 1.807) is 13.1 Å². The van der Waals surface area contributed by atoms with Gasteiger partial charge in [0, 0.05) is 25.2 Å². The second-order valence-electron chi connectivity index (χ2n) is 7.24. The minimum atomic E-state index is -0.0422. The highest BCUT2D eigenvalue weighted by molar-refractivity contribution is 6.09. The molecule has 3 N–H and O–H groups in total. The average Bonchev–Trinajstić information content (AvgIpc) is 3.41. The minimum absolute atomic E-state index is 0.0422. The molecule has 0 amide bonds. The standard InChI is InChI=1S/C20H21N7O/c1-12(28)15-11-24-20(21)18-16(25-27(19(15)18)14-2-4-22-10-14)8-13-3-6-26-7-5-23-17(26)9-13/h3,5-6,8-9,11,14,22H,2,4,7,10H2,1H3,(H2,21,24). The van der Waals surface area contributed by atoms with Crippen LogP contribution in [0, 0.1) is 0 Å². The molecule has 5 rings (SSSR count). The summed E-state index contributed by atoms with van der Waals surface area (Å²) in [4.78, 5) is 23.0. The number of hydrogen-bond donors (Lipinski definition) is 2. The first-order chi connectivity index (χ1) is 13.6. The molecule has 1 atom stereocenters. The maximum Gasteiger partial charge on any atom is 0.163 e. The van der Waals surface area contributed by atoms with Gasteiger partial charge in [-0.1, -0.05) is 0 Å². The van der Waals surface area contributed by atoms with Crippen molar-refractivity contribution in [1.29, 1.82) is 0 Å². The van der Waals surface area contributed by atoms with Crippen LogP contribution in [0.4, 0.5) is 5.82 Å². The fourth-order valence-electron chi connectivity index (χ4n) is 3.96. The summed E-state index contributed by atoms with van der Waals surface area (Å²) in [6.45, 7) is 4.10. The van der Waals surface area contributed by atoms with Crippen LogP contribution in [0.2, 0.25) is 0 Å². The fourth-order valence-corrected chi connectivity index (χ4v) is 3.96. The largest absolute Gasteiger partial charge is 0.383 e. The van der Waals surface area contributed by atoms with Gasteiger partial charge in [0.25, 0.3) is 0 Å². The minimum Gasteiger partial charge on any atom is -0.383 e. The van der Waals surface area contributed by atoms with Gasteiger partial charge >= 0.3 is 0 Å². The summed E-state index contributed by atoms with van der Waals surface area (Å²) >= 11 is 0. The number of carbonyl (C=O) groups excluding carboxylic acids is 1. The van der Waals surface area contributed by atoms with Crippen molar-refractivity contribution in [2.75, 3.05) is 25.4 Å². The molecule has 2 aromatic heterocycles. The molecule has 28 heavy (non-hydrogen) atoms. The molecule has 1 unspecified atom stereocenters. The van der Waals surface area contributed by atoms with Crippen molar-refractivity contribution in [3.8, 4) is 0 Å². The molecule has 0 spiro atoms. The second-order valence-corrected chi connectivity index (χ2v) is 7.24. The van der Waals surface area contributed by atoms with Crippen molar-refractivity contribution in [3.63, 3.8) is 0 Å². The third kappa shape index (κ3) is 2.65. The third-order valence-electron chi connectivity index (χ3n) is 5.38. The van der Waals surface area contributed by atoms with E-state index in [4.69, 9.17) is 10.8 Å². The van der Waals surface area contributed by atoms with Crippen LogP contribution in [0.25, 0.3) is 17.0 Å². The van der Waals surface area contributed by atoms with E-state index in [-0.39, 0.29) is 11.8 Å².